The molecular weight excluding hydrogens is 353 g/mol. The van der Waals surface area contributed by atoms with Gasteiger partial charge in [0, 0.05) is 11.1 Å². The summed E-state index contributed by atoms with van der Waals surface area (Å²) in [6, 6.07) is 12.0. The second kappa shape index (κ2) is 7.01. The molecule has 1 heterocycles. The molecule has 3 rings (SSSR count). The van der Waals surface area contributed by atoms with Crippen LogP contribution in [0.1, 0.15) is 20.8 Å². The average molecular weight is 373 g/mol. The lowest BCUT2D eigenvalue weighted by Crippen LogP contribution is -2.37. The first-order valence-electron chi connectivity index (χ1n) is 8.04. The molecule has 2 aromatic carbocycles. The lowest BCUT2D eigenvalue weighted by atomic mass is 10.0. The third kappa shape index (κ3) is 4.00. The number of hydrogen-bond acceptors (Lipinski definition) is 4. The van der Waals surface area contributed by atoms with Crippen LogP contribution >= 0.6 is 0 Å². The minimum absolute atomic E-state index is 0.0162. The molecule has 3 N–H and O–H groups in total. The average Bonchev–Trinajstić information content (AvgIpc) is 2.99. The summed E-state index contributed by atoms with van der Waals surface area (Å²) in [5.41, 5.74) is 7.08. The molecule has 0 aliphatic carbocycles. The number of rotatable bonds is 4. The zero-order valence-corrected chi connectivity index (χ0v) is 15.6. The van der Waals surface area contributed by atoms with Gasteiger partial charge in [-0.25, -0.2) is 13.3 Å². The molecule has 0 saturated carbocycles. The first kappa shape index (κ1) is 18.3. The Labute approximate surface area is 154 Å². The SMILES string of the molecule is CC(C)(C)NS(=O)c1ccccc1-c1ccc(-c2coc(N)n2)c(F)c1. The van der Waals surface area contributed by atoms with Gasteiger partial charge in [0.25, 0.3) is 6.01 Å². The fourth-order valence-electron chi connectivity index (χ4n) is 2.50. The molecule has 3 aromatic rings. The van der Waals surface area contributed by atoms with Gasteiger partial charge in [0.05, 0.1) is 4.90 Å². The monoisotopic (exact) mass is 373 g/mol. The van der Waals surface area contributed by atoms with E-state index in [-0.39, 0.29) is 11.6 Å². The zero-order chi connectivity index (χ0) is 18.9. The first-order chi connectivity index (χ1) is 12.2. The van der Waals surface area contributed by atoms with Crippen LogP contribution in [0.3, 0.4) is 0 Å². The van der Waals surface area contributed by atoms with Gasteiger partial charge in [0.2, 0.25) is 0 Å². The molecule has 0 aliphatic rings. The van der Waals surface area contributed by atoms with Crippen LogP contribution in [0, 0.1) is 5.82 Å². The van der Waals surface area contributed by atoms with Gasteiger partial charge >= 0.3 is 0 Å². The molecule has 1 atom stereocenters. The maximum Gasteiger partial charge on any atom is 0.292 e. The van der Waals surface area contributed by atoms with Crippen LogP contribution in [0.15, 0.2) is 58.0 Å². The summed E-state index contributed by atoms with van der Waals surface area (Å²) >= 11 is 0. The minimum atomic E-state index is -1.43. The zero-order valence-electron chi connectivity index (χ0n) is 14.7. The van der Waals surface area contributed by atoms with Crippen LogP contribution in [0.4, 0.5) is 10.4 Å². The first-order valence-corrected chi connectivity index (χ1v) is 9.19. The van der Waals surface area contributed by atoms with Crippen molar-refractivity contribution in [3.63, 3.8) is 0 Å². The highest BCUT2D eigenvalue weighted by atomic mass is 32.2. The van der Waals surface area contributed by atoms with E-state index in [4.69, 9.17) is 10.2 Å². The number of nitrogens with two attached hydrogens (primary N) is 1. The van der Waals surface area contributed by atoms with E-state index in [1.54, 1.807) is 18.2 Å². The van der Waals surface area contributed by atoms with Crippen LogP contribution in [0.5, 0.6) is 0 Å². The van der Waals surface area contributed by atoms with Crippen molar-refractivity contribution in [3.05, 3.63) is 54.5 Å². The van der Waals surface area contributed by atoms with Crippen LogP contribution in [-0.4, -0.2) is 14.7 Å². The Morgan fingerprint density at radius 2 is 1.88 bits per heavy atom. The Balaban J connectivity index is 2.00. The smallest absolute Gasteiger partial charge is 0.292 e. The van der Waals surface area contributed by atoms with E-state index in [9.17, 15) is 8.60 Å². The molecule has 0 saturated heterocycles. The highest BCUT2D eigenvalue weighted by Crippen LogP contribution is 2.31. The Morgan fingerprint density at radius 1 is 1.15 bits per heavy atom. The highest BCUT2D eigenvalue weighted by molar-refractivity contribution is 7.83. The van der Waals surface area contributed by atoms with E-state index in [2.05, 4.69) is 9.71 Å². The summed E-state index contributed by atoms with van der Waals surface area (Å²) in [6.45, 7) is 5.81. The van der Waals surface area contributed by atoms with Gasteiger partial charge in [-0.2, -0.15) is 4.98 Å². The van der Waals surface area contributed by atoms with Crippen molar-refractivity contribution in [1.82, 2.24) is 9.71 Å². The van der Waals surface area contributed by atoms with E-state index in [1.165, 1.54) is 12.3 Å². The highest BCUT2D eigenvalue weighted by Gasteiger charge is 2.18. The standard InChI is InChI=1S/C19H20FN3O2S/c1-19(2,3)23-26(24)17-7-5-4-6-13(17)12-8-9-14(15(20)10-12)16-11-25-18(21)22-16/h4-11,23H,1-3H3,(H2,21,22). The van der Waals surface area contributed by atoms with Gasteiger partial charge in [0.15, 0.2) is 0 Å². The van der Waals surface area contributed by atoms with Gasteiger partial charge in [-0.05, 0) is 50.1 Å². The normalized spacial score (nSPS) is 12.9. The summed E-state index contributed by atoms with van der Waals surface area (Å²) in [5.74, 6) is -0.458. The van der Waals surface area contributed by atoms with Crippen molar-refractivity contribution >= 4 is 17.0 Å². The summed E-state index contributed by atoms with van der Waals surface area (Å²) in [6.07, 6.45) is 1.31. The fourth-order valence-corrected chi connectivity index (χ4v) is 3.76. The predicted octanol–water partition coefficient (Wildman–Crippen LogP) is 4.14. The van der Waals surface area contributed by atoms with Crippen molar-refractivity contribution in [3.8, 4) is 22.4 Å². The molecule has 0 radical (unpaired) electrons. The number of nitrogen functional groups attached to an aromatic ring is 1. The topological polar surface area (TPSA) is 81.2 Å². The summed E-state index contributed by atoms with van der Waals surface area (Å²) in [5, 5.41) is 0. The predicted molar refractivity (Wildman–Crippen MR) is 101 cm³/mol. The Bertz CT molecular complexity index is 963. The second-order valence-electron chi connectivity index (χ2n) is 6.88. The fraction of sp³-hybridized carbons (Fsp3) is 0.211. The quantitative estimate of drug-likeness (QED) is 0.720. The van der Waals surface area contributed by atoms with Crippen molar-refractivity contribution in [2.45, 2.75) is 31.2 Å². The number of oxazole rings is 1. The molecule has 136 valence electrons. The molecule has 0 amide bonds. The number of nitrogens with one attached hydrogen (secondary N) is 1. The molecule has 0 bridgehead atoms. The second-order valence-corrected chi connectivity index (χ2v) is 8.06. The lowest BCUT2D eigenvalue weighted by molar-refractivity contribution is 0.519. The minimum Gasteiger partial charge on any atom is -0.432 e. The molecule has 0 fully saturated rings. The number of aromatic nitrogens is 1. The van der Waals surface area contributed by atoms with Crippen LogP contribution in [0.2, 0.25) is 0 Å². The Morgan fingerprint density at radius 3 is 2.50 bits per heavy atom. The number of benzene rings is 2. The maximum atomic E-state index is 14.6. The lowest BCUT2D eigenvalue weighted by Gasteiger charge is -2.20. The Hall–Kier alpha value is -2.51. The molecule has 0 spiro atoms. The van der Waals surface area contributed by atoms with Gasteiger partial charge in [-0.1, -0.05) is 24.3 Å². The van der Waals surface area contributed by atoms with Gasteiger partial charge in [-0.15, -0.1) is 0 Å². The summed E-state index contributed by atoms with van der Waals surface area (Å²) in [4.78, 5) is 4.54. The van der Waals surface area contributed by atoms with Crippen molar-refractivity contribution in [1.29, 1.82) is 0 Å². The number of hydrogen-bond donors (Lipinski definition) is 2. The van der Waals surface area contributed by atoms with Crippen LogP contribution < -0.4 is 10.5 Å². The van der Waals surface area contributed by atoms with E-state index < -0.39 is 16.8 Å². The van der Waals surface area contributed by atoms with E-state index in [1.807, 2.05) is 39.0 Å². The molecule has 0 aliphatic heterocycles. The van der Waals surface area contributed by atoms with E-state index in [0.29, 0.717) is 27.3 Å². The molecule has 1 unspecified atom stereocenters. The van der Waals surface area contributed by atoms with Gasteiger partial charge < -0.3 is 10.2 Å². The largest absolute Gasteiger partial charge is 0.432 e. The number of anilines is 1. The van der Waals surface area contributed by atoms with Gasteiger partial charge in [-0.3, -0.25) is 0 Å². The van der Waals surface area contributed by atoms with E-state index in [0.717, 1.165) is 0 Å². The molecular formula is C19H20FN3O2S. The third-order valence-electron chi connectivity index (χ3n) is 3.56. The van der Waals surface area contributed by atoms with E-state index >= 15 is 0 Å². The van der Waals surface area contributed by atoms with Crippen molar-refractivity contribution in [2.75, 3.05) is 5.73 Å². The van der Waals surface area contributed by atoms with Gasteiger partial charge in [0.1, 0.15) is 28.8 Å². The number of nitrogens with zero attached hydrogens (tertiary/aromatic N) is 1. The summed E-state index contributed by atoms with van der Waals surface area (Å²) in [7, 11) is -1.43. The van der Waals surface area contributed by atoms with Crippen LogP contribution in [-0.2, 0) is 11.0 Å². The molecule has 5 nitrogen and oxygen atoms in total. The third-order valence-corrected chi connectivity index (χ3v) is 5.12. The molecule has 1 aromatic heterocycles. The molecule has 26 heavy (non-hydrogen) atoms. The molecule has 7 heteroatoms. The van der Waals surface area contributed by atoms with Crippen molar-refractivity contribution in [2.24, 2.45) is 0 Å². The number of halogens is 1. The van der Waals surface area contributed by atoms with Crippen LogP contribution in [0.25, 0.3) is 22.4 Å². The van der Waals surface area contributed by atoms with Crippen molar-refractivity contribution < 1.29 is 13.0 Å². The Kier molecular flexibility index (Phi) is 4.93. The maximum absolute atomic E-state index is 14.6. The summed E-state index contributed by atoms with van der Waals surface area (Å²) < 4.78 is 35.3.